The van der Waals surface area contributed by atoms with Gasteiger partial charge in [0.25, 0.3) is 5.91 Å². The molecule has 1 aliphatic rings. The summed E-state index contributed by atoms with van der Waals surface area (Å²) in [6, 6.07) is 1.91. The number of nitrogens with one attached hydrogen (secondary N) is 1. The van der Waals surface area contributed by atoms with Crippen molar-refractivity contribution in [1.29, 1.82) is 0 Å². The summed E-state index contributed by atoms with van der Waals surface area (Å²) in [5.41, 5.74) is 2.94. The molecule has 1 fully saturated rings. The van der Waals surface area contributed by atoms with Crippen molar-refractivity contribution < 1.29 is 9.59 Å². The molecule has 24 heavy (non-hydrogen) atoms. The Balaban J connectivity index is 1.81. The van der Waals surface area contributed by atoms with Gasteiger partial charge < -0.3 is 10.2 Å². The van der Waals surface area contributed by atoms with E-state index in [1.54, 1.807) is 11.6 Å². The molecule has 0 atom stereocenters. The van der Waals surface area contributed by atoms with E-state index < -0.39 is 0 Å². The summed E-state index contributed by atoms with van der Waals surface area (Å²) in [6.07, 6.45) is 1.56. The predicted molar refractivity (Wildman–Crippen MR) is 90.7 cm³/mol. The van der Waals surface area contributed by atoms with Gasteiger partial charge in [0.1, 0.15) is 0 Å². The number of likely N-dealkylation sites (tertiary alicyclic amines) is 1. The standard InChI is InChI=1S/C17H23N5O2/c1-10-9-14(15-11(2)20-21(4)16(15)18-10)17(24)19-13-5-7-22(8-6-13)12(3)23/h9,13H,5-8H2,1-4H3,(H,19,24). The minimum Gasteiger partial charge on any atom is -0.349 e. The normalized spacial score (nSPS) is 15.8. The molecule has 1 saturated heterocycles. The highest BCUT2D eigenvalue weighted by atomic mass is 16.2. The molecule has 0 aromatic carbocycles. The summed E-state index contributed by atoms with van der Waals surface area (Å²) < 4.78 is 1.71. The number of piperidine rings is 1. The number of pyridine rings is 1. The third-order valence-electron chi connectivity index (χ3n) is 4.62. The van der Waals surface area contributed by atoms with Gasteiger partial charge in [-0.05, 0) is 32.8 Å². The number of hydrogen-bond donors (Lipinski definition) is 1. The quantitative estimate of drug-likeness (QED) is 0.901. The number of aromatic nitrogens is 3. The van der Waals surface area contributed by atoms with Crippen LogP contribution in [0.5, 0.6) is 0 Å². The molecule has 3 rings (SSSR count). The fourth-order valence-electron chi connectivity index (χ4n) is 3.35. The lowest BCUT2D eigenvalue weighted by molar-refractivity contribution is -0.129. The highest BCUT2D eigenvalue weighted by Crippen LogP contribution is 2.22. The average Bonchev–Trinajstić information content (AvgIpc) is 2.81. The van der Waals surface area contributed by atoms with Crippen molar-refractivity contribution in [3.63, 3.8) is 0 Å². The zero-order valence-corrected chi connectivity index (χ0v) is 14.6. The summed E-state index contributed by atoms with van der Waals surface area (Å²) in [6.45, 7) is 6.74. The molecule has 0 spiro atoms. The average molecular weight is 329 g/mol. The van der Waals surface area contributed by atoms with Gasteiger partial charge in [0, 0.05) is 38.8 Å². The number of rotatable bonds is 2. The van der Waals surface area contributed by atoms with Crippen LogP contribution in [-0.4, -0.2) is 50.6 Å². The number of fused-ring (bicyclic) bond motifs is 1. The highest BCUT2D eigenvalue weighted by molar-refractivity contribution is 6.06. The number of hydrogen-bond acceptors (Lipinski definition) is 4. The van der Waals surface area contributed by atoms with Crippen LogP contribution < -0.4 is 5.32 Å². The molecule has 0 radical (unpaired) electrons. The van der Waals surface area contributed by atoms with E-state index >= 15 is 0 Å². The Morgan fingerprint density at radius 1 is 1.25 bits per heavy atom. The fraction of sp³-hybridized carbons (Fsp3) is 0.529. The Labute approximate surface area is 141 Å². The van der Waals surface area contributed by atoms with Crippen LogP contribution in [-0.2, 0) is 11.8 Å². The maximum atomic E-state index is 12.8. The number of nitrogens with zero attached hydrogens (tertiary/aromatic N) is 4. The van der Waals surface area contributed by atoms with E-state index in [4.69, 9.17) is 0 Å². The van der Waals surface area contributed by atoms with Gasteiger partial charge in [0.05, 0.1) is 16.6 Å². The molecule has 2 amide bonds. The lowest BCUT2D eigenvalue weighted by Crippen LogP contribution is -2.46. The van der Waals surface area contributed by atoms with Crippen LogP contribution in [0.3, 0.4) is 0 Å². The maximum absolute atomic E-state index is 12.8. The summed E-state index contributed by atoms with van der Waals surface area (Å²) in [7, 11) is 1.83. The first-order chi connectivity index (χ1) is 11.4. The second-order valence-corrected chi connectivity index (χ2v) is 6.47. The number of carbonyl (C=O) groups is 2. The van der Waals surface area contributed by atoms with Gasteiger partial charge in [0.15, 0.2) is 5.65 Å². The van der Waals surface area contributed by atoms with Gasteiger partial charge in [-0.1, -0.05) is 0 Å². The lowest BCUT2D eigenvalue weighted by Gasteiger charge is -2.31. The molecule has 7 heteroatoms. The molecule has 0 unspecified atom stereocenters. The predicted octanol–water partition coefficient (Wildman–Crippen LogP) is 1.33. The third kappa shape index (κ3) is 2.98. The van der Waals surface area contributed by atoms with Crippen LogP contribution in [0.4, 0.5) is 0 Å². The molecular weight excluding hydrogens is 306 g/mol. The smallest absolute Gasteiger partial charge is 0.252 e. The first-order valence-electron chi connectivity index (χ1n) is 8.24. The Hall–Kier alpha value is -2.44. The fourth-order valence-corrected chi connectivity index (χ4v) is 3.35. The lowest BCUT2D eigenvalue weighted by atomic mass is 10.0. The Morgan fingerprint density at radius 3 is 2.54 bits per heavy atom. The van der Waals surface area contributed by atoms with Gasteiger partial charge in [-0.3, -0.25) is 14.3 Å². The summed E-state index contributed by atoms with van der Waals surface area (Å²) in [4.78, 5) is 30.5. The molecule has 1 N–H and O–H groups in total. The SMILES string of the molecule is CC(=O)N1CCC(NC(=O)c2cc(C)nc3c2c(C)nn3C)CC1. The largest absolute Gasteiger partial charge is 0.349 e. The van der Waals surface area contributed by atoms with Gasteiger partial charge in [-0.25, -0.2) is 4.98 Å². The van der Waals surface area contributed by atoms with Crippen LogP contribution in [0.15, 0.2) is 6.07 Å². The van der Waals surface area contributed by atoms with Crippen molar-refractivity contribution in [3.05, 3.63) is 23.0 Å². The second-order valence-electron chi connectivity index (χ2n) is 6.47. The van der Waals surface area contributed by atoms with Crippen LogP contribution >= 0.6 is 0 Å². The summed E-state index contributed by atoms with van der Waals surface area (Å²) in [5.74, 6) is 0.0000956. The Kier molecular flexibility index (Phi) is 4.26. The van der Waals surface area contributed by atoms with Crippen molar-refractivity contribution in [1.82, 2.24) is 25.0 Å². The molecule has 0 aliphatic carbocycles. The molecule has 0 saturated carbocycles. The molecule has 2 aromatic rings. The molecule has 2 aromatic heterocycles. The first-order valence-corrected chi connectivity index (χ1v) is 8.24. The van der Waals surface area contributed by atoms with E-state index in [2.05, 4.69) is 15.4 Å². The van der Waals surface area contributed by atoms with E-state index in [-0.39, 0.29) is 17.9 Å². The van der Waals surface area contributed by atoms with E-state index in [9.17, 15) is 9.59 Å². The van der Waals surface area contributed by atoms with Crippen LogP contribution in [0.25, 0.3) is 11.0 Å². The van der Waals surface area contributed by atoms with Crippen LogP contribution in [0.1, 0.15) is 41.5 Å². The van der Waals surface area contributed by atoms with Crippen LogP contribution in [0, 0.1) is 13.8 Å². The van der Waals surface area contributed by atoms with E-state index in [0.29, 0.717) is 18.7 Å². The molecule has 128 valence electrons. The van der Waals surface area contributed by atoms with E-state index in [0.717, 1.165) is 35.3 Å². The van der Waals surface area contributed by atoms with Crippen molar-refractivity contribution in [2.24, 2.45) is 7.05 Å². The topological polar surface area (TPSA) is 80.1 Å². The van der Waals surface area contributed by atoms with E-state index in [1.807, 2.05) is 31.9 Å². The number of carbonyl (C=O) groups excluding carboxylic acids is 2. The van der Waals surface area contributed by atoms with Gasteiger partial charge in [0.2, 0.25) is 5.91 Å². The van der Waals surface area contributed by atoms with Gasteiger partial charge in [-0.15, -0.1) is 0 Å². The van der Waals surface area contributed by atoms with Crippen molar-refractivity contribution in [3.8, 4) is 0 Å². The van der Waals surface area contributed by atoms with Gasteiger partial charge in [-0.2, -0.15) is 5.10 Å². The zero-order chi connectivity index (χ0) is 17.4. The van der Waals surface area contributed by atoms with E-state index in [1.165, 1.54) is 0 Å². The molecular formula is C17H23N5O2. The zero-order valence-electron chi connectivity index (χ0n) is 14.6. The third-order valence-corrected chi connectivity index (χ3v) is 4.62. The second kappa shape index (κ2) is 6.22. The summed E-state index contributed by atoms with van der Waals surface area (Å²) in [5, 5.41) is 8.30. The maximum Gasteiger partial charge on any atom is 0.252 e. The summed E-state index contributed by atoms with van der Waals surface area (Å²) >= 11 is 0. The minimum absolute atomic E-state index is 0.0913. The highest BCUT2D eigenvalue weighted by Gasteiger charge is 2.24. The van der Waals surface area contributed by atoms with Gasteiger partial charge >= 0.3 is 0 Å². The Bertz CT molecular complexity index is 803. The molecule has 3 heterocycles. The first kappa shape index (κ1) is 16.4. The Morgan fingerprint density at radius 2 is 1.92 bits per heavy atom. The minimum atomic E-state index is -0.0946. The molecule has 1 aliphatic heterocycles. The number of aryl methyl sites for hydroxylation is 3. The number of amides is 2. The molecule has 7 nitrogen and oxygen atoms in total. The monoisotopic (exact) mass is 329 g/mol. The molecule has 0 bridgehead atoms. The van der Waals surface area contributed by atoms with Crippen molar-refractivity contribution in [2.75, 3.05) is 13.1 Å². The van der Waals surface area contributed by atoms with Crippen LogP contribution in [0.2, 0.25) is 0 Å². The van der Waals surface area contributed by atoms with Crippen molar-refractivity contribution >= 4 is 22.8 Å². The van der Waals surface area contributed by atoms with Crippen molar-refractivity contribution in [2.45, 2.75) is 39.7 Å².